The van der Waals surface area contributed by atoms with E-state index in [0.29, 0.717) is 11.7 Å². The second-order valence-corrected chi connectivity index (χ2v) is 4.80. The summed E-state index contributed by atoms with van der Waals surface area (Å²) in [4.78, 5) is 11.9. The number of nitrogens with two attached hydrogens (primary N) is 1. The number of carbonyl (C=O) groups excluding carboxylic acids is 1. The zero-order valence-electron chi connectivity index (χ0n) is 9.68. The van der Waals surface area contributed by atoms with Crippen LogP contribution < -0.4 is 11.1 Å². The lowest BCUT2D eigenvalue weighted by molar-refractivity contribution is -0.0164. The normalized spacial score (nSPS) is 35.2. The van der Waals surface area contributed by atoms with E-state index < -0.39 is 0 Å². The van der Waals surface area contributed by atoms with E-state index in [1.165, 1.54) is 6.26 Å². The van der Waals surface area contributed by atoms with Crippen molar-refractivity contribution >= 4 is 5.91 Å². The number of furan rings is 1. The Labute approximate surface area is 99.3 Å². The molecule has 0 radical (unpaired) electrons. The molecule has 0 bridgehead atoms. The molecule has 5 heteroatoms. The van der Waals surface area contributed by atoms with Gasteiger partial charge in [-0.15, -0.1) is 0 Å². The molecule has 2 aliphatic rings. The van der Waals surface area contributed by atoms with Gasteiger partial charge >= 0.3 is 0 Å². The van der Waals surface area contributed by atoms with Crippen LogP contribution in [0.1, 0.15) is 22.5 Å². The second-order valence-electron chi connectivity index (χ2n) is 4.80. The van der Waals surface area contributed by atoms with E-state index in [2.05, 4.69) is 5.32 Å². The van der Waals surface area contributed by atoms with Crippen molar-refractivity contribution < 1.29 is 13.9 Å². The standard InChI is InChI=1S/C12H16N2O3/c1-6-2-4-16-10(6)12(15)14-9-8(13)7-3-5-17-11(7)9/h2,4,7-9,11H,3,5,13H2,1H3,(H,14,15). The van der Waals surface area contributed by atoms with E-state index in [9.17, 15) is 4.79 Å². The molecule has 1 amide bonds. The third kappa shape index (κ3) is 1.57. The maximum absolute atomic E-state index is 11.9. The third-order valence-electron chi connectivity index (χ3n) is 3.81. The molecule has 4 atom stereocenters. The fraction of sp³-hybridized carbons (Fsp3) is 0.583. The molecule has 1 aromatic rings. The van der Waals surface area contributed by atoms with E-state index in [1.54, 1.807) is 6.07 Å². The van der Waals surface area contributed by atoms with Gasteiger partial charge in [0.15, 0.2) is 5.76 Å². The van der Waals surface area contributed by atoms with Crippen LogP contribution in [0, 0.1) is 12.8 Å². The molecule has 3 rings (SSSR count). The van der Waals surface area contributed by atoms with Crippen LogP contribution in [0.25, 0.3) is 0 Å². The summed E-state index contributed by atoms with van der Waals surface area (Å²) in [5, 5.41) is 2.90. The monoisotopic (exact) mass is 236 g/mol. The van der Waals surface area contributed by atoms with Gasteiger partial charge in [-0.05, 0) is 19.4 Å². The summed E-state index contributed by atoms with van der Waals surface area (Å²) in [5.41, 5.74) is 6.85. The van der Waals surface area contributed by atoms with Crippen molar-refractivity contribution in [1.82, 2.24) is 5.32 Å². The van der Waals surface area contributed by atoms with E-state index in [-0.39, 0.29) is 24.1 Å². The number of hydrogen-bond acceptors (Lipinski definition) is 4. The van der Waals surface area contributed by atoms with E-state index in [4.69, 9.17) is 14.9 Å². The van der Waals surface area contributed by atoms with Gasteiger partial charge in [0.05, 0.1) is 18.4 Å². The topological polar surface area (TPSA) is 77.5 Å². The van der Waals surface area contributed by atoms with Gasteiger partial charge in [-0.2, -0.15) is 0 Å². The molecular weight excluding hydrogens is 220 g/mol. The maximum Gasteiger partial charge on any atom is 0.287 e. The number of amides is 1. The van der Waals surface area contributed by atoms with Crippen molar-refractivity contribution in [2.45, 2.75) is 31.5 Å². The van der Waals surface area contributed by atoms with Gasteiger partial charge in [0.25, 0.3) is 5.91 Å². The quantitative estimate of drug-likeness (QED) is 0.780. The summed E-state index contributed by atoms with van der Waals surface area (Å²) in [6.45, 7) is 2.59. The highest BCUT2D eigenvalue weighted by Crippen LogP contribution is 2.37. The molecule has 0 aromatic carbocycles. The summed E-state index contributed by atoms with van der Waals surface area (Å²) >= 11 is 0. The lowest BCUT2D eigenvalue weighted by Gasteiger charge is -2.45. The predicted octanol–water partition coefficient (Wildman–Crippen LogP) is 0.432. The number of aryl methyl sites for hydroxylation is 1. The van der Waals surface area contributed by atoms with Gasteiger partial charge in [-0.3, -0.25) is 4.79 Å². The zero-order chi connectivity index (χ0) is 12.0. The smallest absolute Gasteiger partial charge is 0.287 e. The summed E-state index contributed by atoms with van der Waals surface area (Å²) in [5.74, 6) is 0.554. The number of ether oxygens (including phenoxy) is 1. The lowest BCUT2D eigenvalue weighted by Crippen LogP contribution is -2.68. The fourth-order valence-electron chi connectivity index (χ4n) is 2.75. The van der Waals surface area contributed by atoms with Crippen LogP contribution >= 0.6 is 0 Å². The van der Waals surface area contributed by atoms with Gasteiger partial charge in [0.2, 0.25) is 0 Å². The zero-order valence-corrected chi connectivity index (χ0v) is 9.68. The molecule has 92 valence electrons. The SMILES string of the molecule is Cc1ccoc1C(=O)NC1C(N)C2CCOC21. The molecule has 1 saturated heterocycles. The molecule has 4 unspecified atom stereocenters. The second kappa shape index (κ2) is 3.85. The molecule has 17 heavy (non-hydrogen) atoms. The summed E-state index contributed by atoms with van der Waals surface area (Å²) < 4.78 is 10.7. The highest BCUT2D eigenvalue weighted by Gasteiger charge is 2.52. The molecule has 1 aliphatic heterocycles. The molecule has 3 N–H and O–H groups in total. The Balaban J connectivity index is 1.68. The minimum absolute atomic E-state index is 0.00159. The van der Waals surface area contributed by atoms with E-state index >= 15 is 0 Å². The minimum Gasteiger partial charge on any atom is -0.459 e. The molecular formula is C12H16N2O3. The number of rotatable bonds is 2. The minimum atomic E-state index is -0.207. The van der Waals surface area contributed by atoms with Crippen LogP contribution in [0.4, 0.5) is 0 Å². The Morgan fingerprint density at radius 2 is 2.41 bits per heavy atom. The average molecular weight is 236 g/mol. The number of carbonyl (C=O) groups is 1. The summed E-state index contributed by atoms with van der Waals surface area (Å²) in [7, 11) is 0. The highest BCUT2D eigenvalue weighted by atomic mass is 16.5. The largest absolute Gasteiger partial charge is 0.459 e. The van der Waals surface area contributed by atoms with Gasteiger partial charge in [0, 0.05) is 24.1 Å². The molecule has 2 fully saturated rings. The van der Waals surface area contributed by atoms with Crippen LogP contribution in [-0.4, -0.2) is 30.7 Å². The number of nitrogens with one attached hydrogen (secondary N) is 1. The molecule has 2 heterocycles. The fourth-order valence-corrected chi connectivity index (χ4v) is 2.75. The van der Waals surface area contributed by atoms with Crippen molar-refractivity contribution in [2.24, 2.45) is 11.7 Å². The van der Waals surface area contributed by atoms with Gasteiger partial charge in [-0.1, -0.05) is 0 Å². The molecule has 0 spiro atoms. The van der Waals surface area contributed by atoms with Crippen molar-refractivity contribution in [2.75, 3.05) is 6.61 Å². The Morgan fingerprint density at radius 1 is 1.59 bits per heavy atom. The molecule has 1 saturated carbocycles. The lowest BCUT2D eigenvalue weighted by atomic mass is 9.72. The Bertz CT molecular complexity index is 443. The van der Waals surface area contributed by atoms with Crippen molar-refractivity contribution in [1.29, 1.82) is 0 Å². The Kier molecular flexibility index (Phi) is 2.45. The molecule has 1 aliphatic carbocycles. The first-order valence-corrected chi connectivity index (χ1v) is 5.90. The first-order chi connectivity index (χ1) is 8.18. The number of fused-ring (bicyclic) bond motifs is 1. The summed E-state index contributed by atoms with van der Waals surface area (Å²) in [6, 6.07) is 1.69. The van der Waals surface area contributed by atoms with Gasteiger partial charge in [-0.25, -0.2) is 0 Å². The molecule has 1 aromatic heterocycles. The molecule has 5 nitrogen and oxygen atoms in total. The highest BCUT2D eigenvalue weighted by molar-refractivity contribution is 5.93. The maximum atomic E-state index is 11.9. The van der Waals surface area contributed by atoms with Crippen LogP contribution in [0.15, 0.2) is 16.7 Å². The summed E-state index contributed by atoms with van der Waals surface area (Å²) in [6.07, 6.45) is 2.60. The Hall–Kier alpha value is -1.33. The van der Waals surface area contributed by atoms with Crippen LogP contribution in [0.5, 0.6) is 0 Å². The van der Waals surface area contributed by atoms with Crippen LogP contribution in [0.2, 0.25) is 0 Å². The van der Waals surface area contributed by atoms with Crippen molar-refractivity contribution in [3.63, 3.8) is 0 Å². The van der Waals surface area contributed by atoms with Crippen molar-refractivity contribution in [3.8, 4) is 0 Å². The van der Waals surface area contributed by atoms with Crippen LogP contribution in [0.3, 0.4) is 0 Å². The van der Waals surface area contributed by atoms with Crippen molar-refractivity contribution in [3.05, 3.63) is 23.7 Å². The average Bonchev–Trinajstić information content (AvgIpc) is 2.91. The van der Waals surface area contributed by atoms with E-state index in [1.807, 2.05) is 6.92 Å². The van der Waals surface area contributed by atoms with Gasteiger partial charge < -0.3 is 20.2 Å². The first-order valence-electron chi connectivity index (χ1n) is 5.90. The van der Waals surface area contributed by atoms with E-state index in [0.717, 1.165) is 18.6 Å². The van der Waals surface area contributed by atoms with Gasteiger partial charge in [0.1, 0.15) is 0 Å². The Morgan fingerprint density at radius 3 is 3.12 bits per heavy atom. The predicted molar refractivity (Wildman–Crippen MR) is 60.5 cm³/mol. The first kappa shape index (κ1) is 10.8. The third-order valence-corrected chi connectivity index (χ3v) is 3.81. The van der Waals surface area contributed by atoms with Crippen LogP contribution in [-0.2, 0) is 4.74 Å². The number of hydrogen-bond donors (Lipinski definition) is 2.